The molecule has 7 nitrogen and oxygen atoms in total. The van der Waals surface area contributed by atoms with E-state index in [0.29, 0.717) is 18.9 Å². The lowest BCUT2D eigenvalue weighted by Crippen LogP contribution is -2.44. The summed E-state index contributed by atoms with van der Waals surface area (Å²) in [6.07, 6.45) is 4.36. The highest BCUT2D eigenvalue weighted by Gasteiger charge is 2.28. The summed E-state index contributed by atoms with van der Waals surface area (Å²) in [6, 6.07) is 8.39. The highest BCUT2D eigenvalue weighted by molar-refractivity contribution is 7.91. The van der Waals surface area contributed by atoms with Gasteiger partial charge in [-0.05, 0) is 57.0 Å². The molecule has 0 bridgehead atoms. The Morgan fingerprint density at radius 3 is 2.55 bits per heavy atom. The molecule has 2 aliphatic heterocycles. The summed E-state index contributed by atoms with van der Waals surface area (Å²) < 4.78 is 28.9. The second-order valence-electron chi connectivity index (χ2n) is 7.85. The minimum atomic E-state index is -2.92. The minimum absolute atomic E-state index is 0.0628. The van der Waals surface area contributed by atoms with Crippen molar-refractivity contribution in [2.45, 2.75) is 44.7 Å². The molecule has 2 aliphatic rings. The molecule has 2 unspecified atom stereocenters. The smallest absolute Gasteiger partial charge is 0.191 e. The number of hydrogen-bond donors (Lipinski definition) is 2. The molecular formula is C21H34N4O3S. The van der Waals surface area contributed by atoms with E-state index in [2.05, 4.69) is 27.7 Å². The topological polar surface area (TPSA) is 83.0 Å². The van der Waals surface area contributed by atoms with E-state index >= 15 is 0 Å². The number of ether oxygens (including phenoxy) is 1. The summed E-state index contributed by atoms with van der Waals surface area (Å²) in [4.78, 5) is 7.36. The van der Waals surface area contributed by atoms with Crippen LogP contribution in [0.3, 0.4) is 0 Å². The van der Waals surface area contributed by atoms with Crippen molar-refractivity contribution in [2.24, 2.45) is 4.99 Å². The number of hydrogen-bond acceptors (Lipinski definition) is 5. The van der Waals surface area contributed by atoms with Crippen LogP contribution >= 0.6 is 0 Å². The Labute approximate surface area is 174 Å². The molecule has 0 aliphatic carbocycles. The third-order valence-electron chi connectivity index (χ3n) is 5.67. The van der Waals surface area contributed by atoms with Crippen LogP contribution in [0, 0.1) is 0 Å². The van der Waals surface area contributed by atoms with Crippen LogP contribution in [-0.2, 0) is 9.84 Å². The molecule has 29 heavy (non-hydrogen) atoms. The Bertz CT molecular complexity index is 774. The van der Waals surface area contributed by atoms with Crippen molar-refractivity contribution in [3.63, 3.8) is 0 Å². The van der Waals surface area contributed by atoms with Gasteiger partial charge in [-0.2, -0.15) is 0 Å². The molecule has 2 atom stereocenters. The first-order chi connectivity index (χ1) is 14.0. The fourth-order valence-electron chi connectivity index (χ4n) is 4.09. The van der Waals surface area contributed by atoms with Gasteiger partial charge in [-0.25, -0.2) is 8.42 Å². The van der Waals surface area contributed by atoms with Gasteiger partial charge < -0.3 is 15.4 Å². The number of methoxy groups -OCH3 is 1. The van der Waals surface area contributed by atoms with Crippen LogP contribution in [0.4, 0.5) is 0 Å². The molecule has 2 fully saturated rings. The van der Waals surface area contributed by atoms with Gasteiger partial charge in [-0.3, -0.25) is 9.89 Å². The zero-order chi connectivity index (χ0) is 20.7. The fourth-order valence-corrected chi connectivity index (χ4v) is 5.76. The summed E-state index contributed by atoms with van der Waals surface area (Å²) in [6.45, 7) is 5.55. The molecule has 1 aromatic carbocycles. The molecule has 8 heteroatoms. The quantitative estimate of drug-likeness (QED) is 0.516. The number of aliphatic imine (C=N–C) groups is 1. The van der Waals surface area contributed by atoms with Crippen LogP contribution in [0.15, 0.2) is 29.3 Å². The van der Waals surface area contributed by atoms with Gasteiger partial charge in [0.05, 0.1) is 31.2 Å². The van der Waals surface area contributed by atoms with E-state index in [1.807, 2.05) is 19.1 Å². The second kappa shape index (κ2) is 10.3. The lowest BCUT2D eigenvalue weighted by atomic mass is 10.0. The number of sulfone groups is 1. The van der Waals surface area contributed by atoms with Gasteiger partial charge >= 0.3 is 0 Å². The molecular weight excluding hydrogens is 388 g/mol. The van der Waals surface area contributed by atoms with E-state index < -0.39 is 9.84 Å². The van der Waals surface area contributed by atoms with Crippen LogP contribution in [0.1, 0.15) is 44.2 Å². The maximum atomic E-state index is 11.8. The summed E-state index contributed by atoms with van der Waals surface area (Å²) >= 11 is 0. The normalized spacial score (nSPS) is 23.5. The minimum Gasteiger partial charge on any atom is -0.497 e. The predicted molar refractivity (Wildman–Crippen MR) is 117 cm³/mol. The maximum absolute atomic E-state index is 11.8. The van der Waals surface area contributed by atoms with E-state index in [9.17, 15) is 8.42 Å². The monoisotopic (exact) mass is 422 g/mol. The van der Waals surface area contributed by atoms with Gasteiger partial charge in [0, 0.05) is 12.6 Å². The third kappa shape index (κ3) is 6.34. The molecule has 0 spiro atoms. The molecule has 3 rings (SSSR count). The van der Waals surface area contributed by atoms with Crippen LogP contribution in [0.25, 0.3) is 0 Å². The molecule has 2 N–H and O–H groups in total. The fraction of sp³-hybridized carbons (Fsp3) is 0.667. The molecule has 1 aromatic rings. The average molecular weight is 423 g/mol. The lowest BCUT2D eigenvalue weighted by molar-refractivity contribution is 0.167. The first-order valence-electron chi connectivity index (χ1n) is 10.6. The van der Waals surface area contributed by atoms with Crippen molar-refractivity contribution in [1.82, 2.24) is 15.5 Å². The van der Waals surface area contributed by atoms with E-state index in [1.165, 1.54) is 24.8 Å². The molecule has 2 saturated heterocycles. The number of nitrogens with one attached hydrogen (secondary N) is 2. The zero-order valence-electron chi connectivity index (χ0n) is 17.6. The van der Waals surface area contributed by atoms with E-state index in [4.69, 9.17) is 9.73 Å². The van der Waals surface area contributed by atoms with Crippen molar-refractivity contribution in [3.8, 4) is 5.75 Å². The Morgan fingerprint density at radius 1 is 1.24 bits per heavy atom. The summed E-state index contributed by atoms with van der Waals surface area (Å²) in [5.74, 6) is 2.00. The SMILES string of the molecule is CCNC(=NCC(c1ccc(OC)cc1)N1CCCCC1)NC1CCS(=O)(=O)C1. The van der Waals surface area contributed by atoms with Crippen molar-refractivity contribution < 1.29 is 13.2 Å². The molecule has 162 valence electrons. The number of likely N-dealkylation sites (tertiary alicyclic amines) is 1. The Balaban J connectivity index is 1.74. The number of guanidine groups is 1. The van der Waals surface area contributed by atoms with E-state index in [0.717, 1.165) is 25.4 Å². The predicted octanol–water partition coefficient (Wildman–Crippen LogP) is 1.96. The highest BCUT2D eigenvalue weighted by Crippen LogP contribution is 2.26. The lowest BCUT2D eigenvalue weighted by Gasteiger charge is -2.34. The second-order valence-corrected chi connectivity index (χ2v) is 10.1. The first kappa shape index (κ1) is 21.9. The largest absolute Gasteiger partial charge is 0.497 e. The molecule has 0 aromatic heterocycles. The van der Waals surface area contributed by atoms with Crippen molar-refractivity contribution in [1.29, 1.82) is 0 Å². The highest BCUT2D eigenvalue weighted by atomic mass is 32.2. The Morgan fingerprint density at radius 2 is 1.97 bits per heavy atom. The molecule has 0 saturated carbocycles. The Hall–Kier alpha value is -1.80. The maximum Gasteiger partial charge on any atom is 0.191 e. The number of nitrogens with zero attached hydrogens (tertiary/aromatic N) is 2. The van der Waals surface area contributed by atoms with Gasteiger partial charge in [-0.15, -0.1) is 0 Å². The van der Waals surface area contributed by atoms with E-state index in [1.54, 1.807) is 7.11 Å². The molecule has 2 heterocycles. The van der Waals surface area contributed by atoms with Crippen LogP contribution in [-0.4, -0.2) is 70.1 Å². The van der Waals surface area contributed by atoms with Gasteiger partial charge in [0.15, 0.2) is 15.8 Å². The van der Waals surface area contributed by atoms with Gasteiger partial charge in [0.25, 0.3) is 0 Å². The van der Waals surface area contributed by atoms with Gasteiger partial charge in [-0.1, -0.05) is 18.6 Å². The van der Waals surface area contributed by atoms with Crippen LogP contribution in [0.2, 0.25) is 0 Å². The number of piperidine rings is 1. The summed E-state index contributed by atoms with van der Waals surface area (Å²) in [5, 5.41) is 6.59. The van der Waals surface area contributed by atoms with Crippen molar-refractivity contribution >= 4 is 15.8 Å². The van der Waals surface area contributed by atoms with E-state index in [-0.39, 0.29) is 23.6 Å². The standard InChI is InChI=1S/C21H34N4O3S/c1-3-22-21(24-18-11-14-29(26,27)16-18)23-15-20(25-12-5-4-6-13-25)17-7-9-19(28-2)10-8-17/h7-10,18,20H,3-6,11-16H2,1-2H3,(H2,22,23,24). The summed E-state index contributed by atoms with van der Waals surface area (Å²) in [7, 11) is -1.24. The van der Waals surface area contributed by atoms with Crippen molar-refractivity contribution in [2.75, 3.05) is 44.8 Å². The van der Waals surface area contributed by atoms with Gasteiger partial charge in [0.2, 0.25) is 0 Å². The summed E-state index contributed by atoms with van der Waals surface area (Å²) in [5.41, 5.74) is 1.23. The third-order valence-corrected chi connectivity index (χ3v) is 7.44. The number of benzene rings is 1. The Kier molecular flexibility index (Phi) is 7.77. The van der Waals surface area contributed by atoms with Crippen LogP contribution < -0.4 is 15.4 Å². The average Bonchev–Trinajstić information content (AvgIpc) is 3.07. The molecule has 0 radical (unpaired) electrons. The van der Waals surface area contributed by atoms with Gasteiger partial charge in [0.1, 0.15) is 5.75 Å². The van der Waals surface area contributed by atoms with Crippen molar-refractivity contribution in [3.05, 3.63) is 29.8 Å². The first-order valence-corrected chi connectivity index (χ1v) is 12.5. The van der Waals surface area contributed by atoms with Crippen LogP contribution in [0.5, 0.6) is 5.75 Å². The number of rotatable bonds is 7. The molecule has 0 amide bonds. The zero-order valence-corrected chi connectivity index (χ0v) is 18.4.